The topological polar surface area (TPSA) is 42.4 Å². The molecule has 0 radical (unpaired) electrons. The second-order valence-corrected chi connectivity index (χ2v) is 4.11. The molecule has 1 atom stereocenters. The van der Waals surface area contributed by atoms with E-state index in [2.05, 4.69) is 4.98 Å². The van der Waals surface area contributed by atoms with E-state index in [1.165, 1.54) is 38.6 Å². The Balaban J connectivity index is 2.56. The van der Waals surface area contributed by atoms with Gasteiger partial charge < -0.3 is 9.84 Å². The first kappa shape index (κ1) is 13.4. The maximum absolute atomic E-state index is 14.0. The summed E-state index contributed by atoms with van der Waals surface area (Å²) in [6, 6.07) is 3.92. The Labute approximate surface area is 109 Å². The van der Waals surface area contributed by atoms with Crippen LogP contribution in [-0.2, 0) is 0 Å². The number of aliphatic hydroxyl groups excluding tert-OH is 1. The maximum atomic E-state index is 14.0. The molecule has 0 aliphatic rings. The van der Waals surface area contributed by atoms with Crippen LogP contribution < -0.4 is 4.74 Å². The molecule has 2 aromatic rings. The second-order valence-electron chi connectivity index (χ2n) is 4.11. The van der Waals surface area contributed by atoms with Gasteiger partial charge in [0.25, 0.3) is 0 Å². The number of methoxy groups -OCH3 is 1. The van der Waals surface area contributed by atoms with Crippen molar-refractivity contribution in [3.05, 3.63) is 58.9 Å². The van der Waals surface area contributed by atoms with Gasteiger partial charge in [-0.1, -0.05) is 6.07 Å². The molecular formula is C14H13F2NO2. The summed E-state index contributed by atoms with van der Waals surface area (Å²) in [5, 5.41) is 10.2. The number of ether oxygens (including phenoxy) is 1. The summed E-state index contributed by atoms with van der Waals surface area (Å²) in [5.74, 6) is -1.28. The molecule has 0 bridgehead atoms. The van der Waals surface area contributed by atoms with Crippen LogP contribution in [-0.4, -0.2) is 17.2 Å². The molecule has 0 spiro atoms. The van der Waals surface area contributed by atoms with Gasteiger partial charge in [0.15, 0.2) is 0 Å². The van der Waals surface area contributed by atoms with Gasteiger partial charge in [0.05, 0.1) is 18.9 Å². The second kappa shape index (κ2) is 5.32. The van der Waals surface area contributed by atoms with Gasteiger partial charge in [-0.25, -0.2) is 8.78 Å². The summed E-state index contributed by atoms with van der Waals surface area (Å²) >= 11 is 0. The average molecular weight is 265 g/mol. The smallest absolute Gasteiger partial charge is 0.143 e. The molecule has 19 heavy (non-hydrogen) atoms. The van der Waals surface area contributed by atoms with Crippen molar-refractivity contribution in [2.45, 2.75) is 13.0 Å². The summed E-state index contributed by atoms with van der Waals surface area (Å²) < 4.78 is 32.8. The highest BCUT2D eigenvalue weighted by Gasteiger charge is 2.23. The van der Waals surface area contributed by atoms with Crippen molar-refractivity contribution in [1.82, 2.24) is 4.98 Å². The van der Waals surface area contributed by atoms with Crippen molar-refractivity contribution in [3.8, 4) is 5.75 Å². The SMILES string of the molecule is COc1cnccc1C(O)c1c(F)ccc(C)c1F. The van der Waals surface area contributed by atoms with Gasteiger partial charge in [0, 0.05) is 11.8 Å². The zero-order valence-electron chi connectivity index (χ0n) is 10.5. The predicted octanol–water partition coefficient (Wildman–Crippen LogP) is 2.76. The summed E-state index contributed by atoms with van der Waals surface area (Å²) in [5.41, 5.74) is 0.147. The van der Waals surface area contributed by atoms with Gasteiger partial charge in [0.2, 0.25) is 0 Å². The molecule has 1 aromatic carbocycles. The lowest BCUT2D eigenvalue weighted by molar-refractivity contribution is 0.203. The van der Waals surface area contributed by atoms with E-state index in [4.69, 9.17) is 4.74 Å². The lowest BCUT2D eigenvalue weighted by Gasteiger charge is -2.16. The Hall–Kier alpha value is -2.01. The molecule has 0 aliphatic carbocycles. The Morgan fingerprint density at radius 3 is 2.68 bits per heavy atom. The van der Waals surface area contributed by atoms with Gasteiger partial charge in [-0.15, -0.1) is 0 Å². The number of hydrogen-bond donors (Lipinski definition) is 1. The third-order valence-corrected chi connectivity index (χ3v) is 2.92. The van der Waals surface area contributed by atoms with E-state index in [1.54, 1.807) is 0 Å². The van der Waals surface area contributed by atoms with Gasteiger partial charge in [-0.05, 0) is 24.6 Å². The molecule has 100 valence electrons. The molecule has 0 amide bonds. The minimum absolute atomic E-state index is 0.265. The van der Waals surface area contributed by atoms with Crippen LogP contribution in [0.2, 0.25) is 0 Å². The first-order valence-electron chi connectivity index (χ1n) is 5.66. The quantitative estimate of drug-likeness (QED) is 0.927. The number of pyridine rings is 1. The molecule has 1 aromatic heterocycles. The highest BCUT2D eigenvalue weighted by atomic mass is 19.1. The zero-order valence-corrected chi connectivity index (χ0v) is 10.5. The third-order valence-electron chi connectivity index (χ3n) is 2.92. The van der Waals surface area contributed by atoms with Crippen molar-refractivity contribution in [2.75, 3.05) is 7.11 Å². The van der Waals surface area contributed by atoms with Gasteiger partial charge >= 0.3 is 0 Å². The maximum Gasteiger partial charge on any atom is 0.143 e. The molecule has 0 fully saturated rings. The fourth-order valence-electron chi connectivity index (χ4n) is 1.87. The lowest BCUT2D eigenvalue weighted by Crippen LogP contribution is -2.08. The number of benzene rings is 1. The molecule has 5 heteroatoms. The molecule has 3 nitrogen and oxygen atoms in total. The number of hydrogen-bond acceptors (Lipinski definition) is 3. The monoisotopic (exact) mass is 265 g/mol. The van der Waals surface area contributed by atoms with Crippen LogP contribution in [0.15, 0.2) is 30.6 Å². The van der Waals surface area contributed by atoms with E-state index in [1.807, 2.05) is 0 Å². The number of rotatable bonds is 3. The van der Waals surface area contributed by atoms with E-state index in [0.717, 1.165) is 6.07 Å². The highest BCUT2D eigenvalue weighted by molar-refractivity contribution is 5.40. The molecule has 1 heterocycles. The Kier molecular flexibility index (Phi) is 3.76. The highest BCUT2D eigenvalue weighted by Crippen LogP contribution is 2.32. The zero-order chi connectivity index (χ0) is 14.0. The van der Waals surface area contributed by atoms with Crippen molar-refractivity contribution in [1.29, 1.82) is 0 Å². The number of halogens is 2. The number of aliphatic hydroxyl groups is 1. The van der Waals surface area contributed by atoms with Crippen LogP contribution >= 0.6 is 0 Å². The Bertz CT molecular complexity index is 602. The molecule has 1 N–H and O–H groups in total. The van der Waals surface area contributed by atoms with E-state index in [9.17, 15) is 13.9 Å². The minimum Gasteiger partial charge on any atom is -0.495 e. The molecule has 2 rings (SSSR count). The minimum atomic E-state index is -1.45. The van der Waals surface area contributed by atoms with Crippen LogP contribution in [0.5, 0.6) is 5.75 Å². The van der Waals surface area contributed by atoms with Gasteiger partial charge in [-0.2, -0.15) is 0 Å². The van der Waals surface area contributed by atoms with Crippen molar-refractivity contribution < 1.29 is 18.6 Å². The summed E-state index contributed by atoms with van der Waals surface area (Å²) in [6.07, 6.45) is 1.36. The number of aromatic nitrogens is 1. The van der Waals surface area contributed by atoms with Crippen LogP contribution in [0.25, 0.3) is 0 Å². The van der Waals surface area contributed by atoms with Crippen molar-refractivity contribution in [3.63, 3.8) is 0 Å². The normalized spacial score (nSPS) is 12.3. The third kappa shape index (κ3) is 2.42. The van der Waals surface area contributed by atoms with Crippen molar-refractivity contribution >= 4 is 0 Å². The first-order valence-corrected chi connectivity index (χ1v) is 5.66. The van der Waals surface area contributed by atoms with Gasteiger partial charge in [0.1, 0.15) is 23.5 Å². The van der Waals surface area contributed by atoms with E-state index in [0.29, 0.717) is 0 Å². The Morgan fingerprint density at radius 2 is 2.00 bits per heavy atom. The van der Waals surface area contributed by atoms with Crippen LogP contribution in [0.4, 0.5) is 8.78 Å². The van der Waals surface area contributed by atoms with Crippen LogP contribution in [0.1, 0.15) is 22.8 Å². The predicted molar refractivity (Wildman–Crippen MR) is 65.9 cm³/mol. The lowest BCUT2D eigenvalue weighted by atomic mass is 9.99. The van der Waals surface area contributed by atoms with Crippen molar-refractivity contribution in [2.24, 2.45) is 0 Å². The standard InChI is InChI=1S/C14H13F2NO2/c1-8-3-4-10(15)12(13(8)16)14(18)9-5-6-17-7-11(9)19-2/h3-7,14,18H,1-2H3. The van der Waals surface area contributed by atoms with Gasteiger partial charge in [-0.3, -0.25) is 4.98 Å². The summed E-state index contributed by atoms with van der Waals surface area (Å²) in [7, 11) is 1.40. The summed E-state index contributed by atoms with van der Waals surface area (Å²) in [4.78, 5) is 3.83. The fraction of sp³-hybridized carbons (Fsp3) is 0.214. The average Bonchev–Trinajstić information content (AvgIpc) is 2.43. The number of nitrogens with zero attached hydrogens (tertiary/aromatic N) is 1. The Morgan fingerprint density at radius 1 is 1.26 bits per heavy atom. The largest absolute Gasteiger partial charge is 0.495 e. The van der Waals surface area contributed by atoms with E-state index < -0.39 is 17.7 Å². The first-order chi connectivity index (χ1) is 9.06. The molecular weight excluding hydrogens is 252 g/mol. The molecule has 1 unspecified atom stereocenters. The molecule has 0 aliphatic heterocycles. The van der Waals surface area contributed by atoms with Crippen LogP contribution in [0.3, 0.4) is 0 Å². The van der Waals surface area contributed by atoms with E-state index in [-0.39, 0.29) is 22.4 Å². The summed E-state index contributed by atoms with van der Waals surface area (Å²) in [6.45, 7) is 1.51. The molecule has 0 saturated carbocycles. The fourth-order valence-corrected chi connectivity index (χ4v) is 1.87. The molecule has 0 saturated heterocycles. The van der Waals surface area contributed by atoms with E-state index >= 15 is 0 Å². The van der Waals surface area contributed by atoms with Crippen LogP contribution in [0, 0.1) is 18.6 Å². The number of aryl methyl sites for hydroxylation is 1.